The van der Waals surface area contributed by atoms with Crippen molar-refractivity contribution in [3.63, 3.8) is 0 Å². The number of carbonyl (C=O) groups is 2. The lowest BCUT2D eigenvalue weighted by molar-refractivity contribution is -0.117. The fourth-order valence-electron chi connectivity index (χ4n) is 4.13. The Bertz CT molecular complexity index is 1130. The van der Waals surface area contributed by atoms with E-state index in [1.54, 1.807) is 6.07 Å². The molecular formula is C25H29N3O3. The van der Waals surface area contributed by atoms with E-state index >= 15 is 0 Å². The molecule has 6 heteroatoms. The van der Waals surface area contributed by atoms with Gasteiger partial charge in [0.1, 0.15) is 5.58 Å². The van der Waals surface area contributed by atoms with Gasteiger partial charge in [-0.3, -0.25) is 14.5 Å². The van der Waals surface area contributed by atoms with E-state index in [4.69, 9.17) is 4.42 Å². The minimum Gasteiger partial charge on any atom is -0.451 e. The van der Waals surface area contributed by atoms with Crippen LogP contribution in [0.1, 0.15) is 46.5 Å². The standard InChI is InChI=1S/C25H29N3O3/c1-16-7-10-22-20(13-16)18(3)24(31-22)25(30)26-19-8-9-21(17(2)14-19)27-23(29)15-28-11-5-4-6-12-28/h7-10,13-14H,4-6,11-12,15H2,1-3H3,(H,26,30)(H,27,29). The molecular weight excluding hydrogens is 390 g/mol. The summed E-state index contributed by atoms with van der Waals surface area (Å²) in [5, 5.41) is 6.85. The number of nitrogens with one attached hydrogen (secondary N) is 2. The lowest BCUT2D eigenvalue weighted by Crippen LogP contribution is -2.36. The van der Waals surface area contributed by atoms with Crippen molar-refractivity contribution >= 4 is 34.2 Å². The summed E-state index contributed by atoms with van der Waals surface area (Å²) in [4.78, 5) is 27.4. The van der Waals surface area contributed by atoms with Gasteiger partial charge in [-0.25, -0.2) is 0 Å². The molecule has 2 heterocycles. The molecule has 2 aromatic carbocycles. The topological polar surface area (TPSA) is 74.6 Å². The van der Waals surface area contributed by atoms with Crippen molar-refractivity contribution in [2.45, 2.75) is 40.0 Å². The fourth-order valence-corrected chi connectivity index (χ4v) is 4.13. The van der Waals surface area contributed by atoms with Crippen LogP contribution in [0.5, 0.6) is 0 Å². The molecule has 1 aliphatic heterocycles. The number of furan rings is 1. The van der Waals surface area contributed by atoms with Gasteiger partial charge < -0.3 is 15.1 Å². The summed E-state index contributed by atoms with van der Waals surface area (Å²) in [7, 11) is 0. The van der Waals surface area contributed by atoms with E-state index in [1.165, 1.54) is 6.42 Å². The average molecular weight is 420 g/mol. The molecule has 0 aliphatic carbocycles. The molecule has 0 radical (unpaired) electrons. The summed E-state index contributed by atoms with van der Waals surface area (Å²) in [5.41, 5.74) is 4.97. The number of aryl methyl sites for hydroxylation is 3. The molecule has 0 bridgehead atoms. The molecule has 2 amide bonds. The smallest absolute Gasteiger partial charge is 0.291 e. The second-order valence-electron chi connectivity index (χ2n) is 8.42. The van der Waals surface area contributed by atoms with Crippen molar-refractivity contribution in [1.29, 1.82) is 0 Å². The molecule has 2 N–H and O–H groups in total. The molecule has 4 rings (SSSR count). The number of piperidine rings is 1. The van der Waals surface area contributed by atoms with Crippen LogP contribution in [-0.2, 0) is 4.79 Å². The van der Waals surface area contributed by atoms with Gasteiger partial charge in [0.05, 0.1) is 6.54 Å². The highest BCUT2D eigenvalue weighted by molar-refractivity contribution is 6.06. The molecule has 1 aliphatic rings. The Morgan fingerprint density at radius 1 is 0.968 bits per heavy atom. The first-order chi connectivity index (χ1) is 14.9. The molecule has 1 saturated heterocycles. The zero-order chi connectivity index (χ0) is 22.0. The Balaban J connectivity index is 1.42. The number of hydrogen-bond acceptors (Lipinski definition) is 4. The van der Waals surface area contributed by atoms with Gasteiger partial charge in [-0.1, -0.05) is 18.1 Å². The molecule has 3 aromatic rings. The van der Waals surface area contributed by atoms with E-state index in [9.17, 15) is 9.59 Å². The van der Waals surface area contributed by atoms with Gasteiger partial charge in [0.2, 0.25) is 5.91 Å². The van der Waals surface area contributed by atoms with E-state index in [0.29, 0.717) is 23.6 Å². The maximum Gasteiger partial charge on any atom is 0.291 e. The lowest BCUT2D eigenvalue weighted by Gasteiger charge is -2.25. The highest BCUT2D eigenvalue weighted by Crippen LogP contribution is 2.27. The van der Waals surface area contributed by atoms with Crippen molar-refractivity contribution < 1.29 is 14.0 Å². The van der Waals surface area contributed by atoms with Crippen molar-refractivity contribution in [1.82, 2.24) is 4.90 Å². The predicted molar refractivity (Wildman–Crippen MR) is 124 cm³/mol. The third kappa shape index (κ3) is 4.80. The van der Waals surface area contributed by atoms with E-state index in [0.717, 1.165) is 53.7 Å². The Kier molecular flexibility index (Phi) is 6.09. The Morgan fingerprint density at radius 2 is 1.74 bits per heavy atom. The molecule has 0 unspecified atom stereocenters. The van der Waals surface area contributed by atoms with Crippen molar-refractivity contribution in [2.24, 2.45) is 0 Å². The van der Waals surface area contributed by atoms with E-state index in [2.05, 4.69) is 15.5 Å². The second kappa shape index (κ2) is 8.94. The number of carbonyl (C=O) groups excluding carboxylic acids is 2. The minimum atomic E-state index is -0.285. The molecule has 162 valence electrons. The number of nitrogens with zero attached hydrogens (tertiary/aromatic N) is 1. The first-order valence-electron chi connectivity index (χ1n) is 10.8. The summed E-state index contributed by atoms with van der Waals surface area (Å²) >= 11 is 0. The fraction of sp³-hybridized carbons (Fsp3) is 0.360. The average Bonchev–Trinajstić information content (AvgIpc) is 3.07. The van der Waals surface area contributed by atoms with Crippen LogP contribution in [0, 0.1) is 20.8 Å². The third-order valence-electron chi connectivity index (χ3n) is 5.87. The van der Waals surface area contributed by atoms with E-state index in [-0.39, 0.29) is 11.8 Å². The Hall–Kier alpha value is -3.12. The number of hydrogen-bond donors (Lipinski definition) is 2. The molecule has 0 atom stereocenters. The first-order valence-corrected chi connectivity index (χ1v) is 10.8. The third-order valence-corrected chi connectivity index (χ3v) is 5.87. The van der Waals surface area contributed by atoms with Crippen LogP contribution in [0.4, 0.5) is 11.4 Å². The Labute approximate surface area is 182 Å². The number of anilines is 2. The van der Waals surface area contributed by atoms with Gasteiger partial charge in [0, 0.05) is 22.3 Å². The SMILES string of the molecule is Cc1ccc2oc(C(=O)Nc3ccc(NC(=O)CN4CCCCC4)c(C)c3)c(C)c2c1. The van der Waals surface area contributed by atoms with Crippen LogP contribution in [0.3, 0.4) is 0 Å². The van der Waals surface area contributed by atoms with Crippen molar-refractivity contribution in [3.05, 3.63) is 58.8 Å². The summed E-state index contributed by atoms with van der Waals surface area (Å²) in [6, 6.07) is 11.4. The van der Waals surface area contributed by atoms with Gasteiger partial charge in [0.25, 0.3) is 5.91 Å². The van der Waals surface area contributed by atoms with Gasteiger partial charge >= 0.3 is 0 Å². The molecule has 0 saturated carbocycles. The van der Waals surface area contributed by atoms with Crippen LogP contribution in [0.25, 0.3) is 11.0 Å². The molecule has 1 fully saturated rings. The molecule has 31 heavy (non-hydrogen) atoms. The summed E-state index contributed by atoms with van der Waals surface area (Å²) < 4.78 is 5.79. The molecule has 0 spiro atoms. The summed E-state index contributed by atoms with van der Waals surface area (Å²) in [6.45, 7) is 8.22. The minimum absolute atomic E-state index is 0.00465. The van der Waals surface area contributed by atoms with Crippen molar-refractivity contribution in [2.75, 3.05) is 30.3 Å². The number of likely N-dealkylation sites (tertiary alicyclic amines) is 1. The van der Waals surface area contributed by atoms with Gasteiger partial charge in [0.15, 0.2) is 5.76 Å². The highest BCUT2D eigenvalue weighted by atomic mass is 16.3. The zero-order valence-corrected chi connectivity index (χ0v) is 18.4. The maximum absolute atomic E-state index is 12.8. The summed E-state index contributed by atoms with van der Waals surface area (Å²) in [6.07, 6.45) is 3.56. The van der Waals surface area contributed by atoms with Crippen LogP contribution >= 0.6 is 0 Å². The Morgan fingerprint density at radius 3 is 2.48 bits per heavy atom. The maximum atomic E-state index is 12.8. The number of amides is 2. The van der Waals surface area contributed by atoms with Crippen molar-refractivity contribution in [3.8, 4) is 0 Å². The molecule has 6 nitrogen and oxygen atoms in total. The monoisotopic (exact) mass is 419 g/mol. The van der Waals surface area contributed by atoms with Gasteiger partial charge in [-0.2, -0.15) is 0 Å². The van der Waals surface area contributed by atoms with E-state index in [1.807, 2.05) is 51.1 Å². The highest BCUT2D eigenvalue weighted by Gasteiger charge is 2.19. The van der Waals surface area contributed by atoms with E-state index < -0.39 is 0 Å². The number of benzene rings is 2. The van der Waals surface area contributed by atoms with Crippen LogP contribution in [-0.4, -0.2) is 36.3 Å². The van der Waals surface area contributed by atoms with Crippen LogP contribution in [0.2, 0.25) is 0 Å². The lowest BCUT2D eigenvalue weighted by atomic mass is 10.1. The second-order valence-corrected chi connectivity index (χ2v) is 8.42. The quantitative estimate of drug-likeness (QED) is 0.608. The normalized spacial score (nSPS) is 14.5. The first kappa shape index (κ1) is 21.1. The largest absolute Gasteiger partial charge is 0.451 e. The van der Waals surface area contributed by atoms with Gasteiger partial charge in [-0.15, -0.1) is 0 Å². The van der Waals surface area contributed by atoms with Crippen LogP contribution < -0.4 is 10.6 Å². The number of rotatable bonds is 5. The zero-order valence-electron chi connectivity index (χ0n) is 18.4. The molecule has 1 aromatic heterocycles. The predicted octanol–water partition coefficient (Wildman–Crippen LogP) is 5.03. The summed E-state index contributed by atoms with van der Waals surface area (Å²) in [5.74, 6) is 0.0276. The van der Waals surface area contributed by atoms with Gasteiger partial charge in [-0.05, 0) is 82.6 Å². The van der Waals surface area contributed by atoms with Crippen LogP contribution in [0.15, 0.2) is 40.8 Å². The number of fused-ring (bicyclic) bond motifs is 1.